The van der Waals surface area contributed by atoms with Crippen LogP contribution in [0.4, 0.5) is 0 Å². The molecule has 0 aromatic carbocycles. The van der Waals surface area contributed by atoms with Crippen molar-refractivity contribution in [3.63, 3.8) is 0 Å². The van der Waals surface area contributed by atoms with Gasteiger partial charge in [-0.2, -0.15) is 0 Å². The Labute approximate surface area is 95.8 Å². The third-order valence-corrected chi connectivity index (χ3v) is 2.66. The Bertz CT molecular complexity index is 286. The lowest BCUT2D eigenvalue weighted by atomic mass is 10.1. The lowest BCUT2D eigenvalue weighted by Crippen LogP contribution is -2.60. The van der Waals surface area contributed by atoms with E-state index in [4.69, 9.17) is 4.74 Å². The van der Waals surface area contributed by atoms with Gasteiger partial charge >= 0.3 is 5.91 Å². The smallest absolute Gasteiger partial charge is 0.341 e. The Hall–Kier alpha value is -1.00. The molecule has 1 amide bonds. The molecule has 4 heteroatoms. The number of ketones is 1. The highest BCUT2D eigenvalue weighted by Gasteiger charge is 2.50. The number of quaternary nitrogens is 1. The Kier molecular flexibility index (Phi) is 5.35. The summed E-state index contributed by atoms with van der Waals surface area (Å²) >= 11 is 0. The average Bonchev–Trinajstić information content (AvgIpc) is 3.02. The Morgan fingerprint density at radius 1 is 1.25 bits per heavy atom. The van der Waals surface area contributed by atoms with E-state index in [2.05, 4.69) is 11.8 Å². The molecule has 2 unspecified atom stereocenters. The van der Waals surface area contributed by atoms with Gasteiger partial charge in [0.15, 0.2) is 11.9 Å². The average molecular weight is 226 g/mol. The Morgan fingerprint density at radius 2 is 2.00 bits per heavy atom. The fourth-order valence-corrected chi connectivity index (χ4v) is 1.65. The largest absolute Gasteiger partial charge is 0.346 e. The second-order valence-electron chi connectivity index (χ2n) is 4.08. The summed E-state index contributed by atoms with van der Waals surface area (Å²) < 4.78 is 4.96. The zero-order chi connectivity index (χ0) is 12.0. The van der Waals surface area contributed by atoms with Crippen molar-refractivity contribution in [2.45, 2.75) is 51.2 Å². The maximum absolute atomic E-state index is 11.5. The summed E-state index contributed by atoms with van der Waals surface area (Å²) in [7, 11) is 0. The van der Waals surface area contributed by atoms with Gasteiger partial charge in [0.1, 0.15) is 0 Å². The highest BCUT2D eigenvalue weighted by atomic mass is 16.6. The SMILES string of the molecule is CC=CCCCCCC(=O)C1OC1C([NH3+])=O. The van der Waals surface area contributed by atoms with Crippen molar-refractivity contribution < 1.29 is 20.1 Å². The van der Waals surface area contributed by atoms with Crippen molar-refractivity contribution >= 4 is 11.7 Å². The van der Waals surface area contributed by atoms with Crippen molar-refractivity contribution in [1.29, 1.82) is 0 Å². The van der Waals surface area contributed by atoms with Crippen LogP contribution in [0.5, 0.6) is 0 Å². The van der Waals surface area contributed by atoms with Crippen LogP contribution in [-0.4, -0.2) is 23.9 Å². The summed E-state index contributed by atoms with van der Waals surface area (Å²) in [6.07, 6.45) is 7.77. The lowest BCUT2D eigenvalue weighted by molar-refractivity contribution is -0.307. The zero-order valence-electron chi connectivity index (χ0n) is 9.78. The minimum Gasteiger partial charge on any atom is -0.346 e. The monoisotopic (exact) mass is 226 g/mol. The third kappa shape index (κ3) is 4.24. The molecule has 3 N–H and O–H groups in total. The molecular formula is C12H20NO3+. The van der Waals surface area contributed by atoms with Crippen molar-refractivity contribution in [1.82, 2.24) is 0 Å². The molecule has 2 atom stereocenters. The number of hydrogen-bond acceptors (Lipinski definition) is 3. The molecule has 0 radical (unpaired) electrons. The predicted molar refractivity (Wildman–Crippen MR) is 59.5 cm³/mol. The number of hydrogen-bond donors (Lipinski definition) is 1. The van der Waals surface area contributed by atoms with Crippen molar-refractivity contribution in [2.24, 2.45) is 0 Å². The van der Waals surface area contributed by atoms with Crippen LogP contribution in [0.2, 0.25) is 0 Å². The number of allylic oxidation sites excluding steroid dienone is 2. The second-order valence-corrected chi connectivity index (χ2v) is 4.08. The first kappa shape index (κ1) is 13.1. The van der Waals surface area contributed by atoms with Gasteiger partial charge in [0.2, 0.25) is 6.10 Å². The standard InChI is InChI=1S/C12H19NO3/c1-2-3-4-5-6-7-8-9(14)10-11(16-10)12(13)15/h2-3,10-11H,4-8H2,1H3,(H2,13,15)/p+1. The van der Waals surface area contributed by atoms with Crippen LogP contribution < -0.4 is 5.73 Å². The number of rotatable bonds is 8. The van der Waals surface area contributed by atoms with Gasteiger partial charge in [0.25, 0.3) is 0 Å². The first-order valence-corrected chi connectivity index (χ1v) is 5.82. The van der Waals surface area contributed by atoms with Crippen LogP contribution in [0.1, 0.15) is 39.0 Å². The van der Waals surface area contributed by atoms with E-state index >= 15 is 0 Å². The molecule has 16 heavy (non-hydrogen) atoms. The summed E-state index contributed by atoms with van der Waals surface area (Å²) in [4.78, 5) is 22.3. The minimum atomic E-state index is -0.546. The van der Waals surface area contributed by atoms with E-state index in [-0.39, 0.29) is 11.7 Å². The molecule has 0 bridgehead atoms. The number of unbranched alkanes of at least 4 members (excludes halogenated alkanes) is 3. The van der Waals surface area contributed by atoms with Crippen LogP contribution in [0.25, 0.3) is 0 Å². The number of carbonyl (C=O) groups is 2. The number of carbonyl (C=O) groups excluding carboxylic acids is 2. The topological polar surface area (TPSA) is 74.3 Å². The maximum Gasteiger partial charge on any atom is 0.341 e. The summed E-state index contributed by atoms with van der Waals surface area (Å²) in [5.41, 5.74) is 3.24. The fourth-order valence-electron chi connectivity index (χ4n) is 1.65. The van der Waals surface area contributed by atoms with Gasteiger partial charge in [-0.3, -0.25) is 10.5 Å². The van der Waals surface area contributed by atoms with Crippen molar-refractivity contribution in [3.8, 4) is 0 Å². The van der Waals surface area contributed by atoms with Crippen LogP contribution in [-0.2, 0) is 14.3 Å². The molecule has 1 saturated heterocycles. The minimum absolute atomic E-state index is 0.0491. The van der Waals surface area contributed by atoms with Crippen molar-refractivity contribution in [2.75, 3.05) is 0 Å². The van der Waals surface area contributed by atoms with Gasteiger partial charge in [-0.15, -0.1) is 0 Å². The number of epoxide rings is 1. The molecule has 4 nitrogen and oxygen atoms in total. The zero-order valence-corrected chi connectivity index (χ0v) is 9.78. The highest BCUT2D eigenvalue weighted by molar-refractivity contribution is 5.92. The number of Topliss-reactive ketones (excluding diaryl/α,β-unsaturated/α-hetero) is 1. The molecule has 1 fully saturated rings. The molecule has 0 aromatic heterocycles. The van der Waals surface area contributed by atoms with Crippen LogP contribution in [0.3, 0.4) is 0 Å². The van der Waals surface area contributed by atoms with Gasteiger partial charge in [0.05, 0.1) is 0 Å². The molecule has 0 spiro atoms. The molecule has 1 aliphatic rings. The summed E-state index contributed by atoms with van der Waals surface area (Å²) in [6, 6.07) is 0. The second kappa shape index (κ2) is 6.55. The van der Waals surface area contributed by atoms with Crippen LogP contribution >= 0.6 is 0 Å². The molecule has 90 valence electrons. The van der Waals surface area contributed by atoms with E-state index < -0.39 is 12.2 Å². The highest BCUT2D eigenvalue weighted by Crippen LogP contribution is 2.24. The van der Waals surface area contributed by atoms with E-state index in [0.29, 0.717) is 6.42 Å². The molecule has 0 aliphatic carbocycles. The summed E-state index contributed by atoms with van der Waals surface area (Å²) in [6.45, 7) is 2.00. The Morgan fingerprint density at radius 3 is 2.56 bits per heavy atom. The van der Waals surface area contributed by atoms with E-state index in [1.807, 2.05) is 13.0 Å². The van der Waals surface area contributed by atoms with E-state index in [9.17, 15) is 9.59 Å². The fraction of sp³-hybridized carbons (Fsp3) is 0.667. The first-order valence-electron chi connectivity index (χ1n) is 5.82. The molecule has 0 aromatic rings. The third-order valence-electron chi connectivity index (χ3n) is 2.66. The summed E-state index contributed by atoms with van der Waals surface area (Å²) in [5.74, 6) is -0.237. The number of amides is 1. The Balaban J connectivity index is 2.02. The lowest BCUT2D eigenvalue weighted by Gasteiger charge is -1.97. The molecular weight excluding hydrogens is 206 g/mol. The quantitative estimate of drug-likeness (QED) is 0.374. The molecule has 1 aliphatic heterocycles. The van der Waals surface area contributed by atoms with Gasteiger partial charge in [0, 0.05) is 6.42 Å². The molecule has 1 heterocycles. The van der Waals surface area contributed by atoms with Crippen LogP contribution in [0.15, 0.2) is 12.2 Å². The molecule has 0 saturated carbocycles. The van der Waals surface area contributed by atoms with Gasteiger partial charge in [-0.1, -0.05) is 18.6 Å². The van der Waals surface area contributed by atoms with E-state index in [1.165, 1.54) is 0 Å². The van der Waals surface area contributed by atoms with Gasteiger partial charge in [-0.25, -0.2) is 4.79 Å². The van der Waals surface area contributed by atoms with Gasteiger partial charge in [-0.05, 0) is 26.2 Å². The van der Waals surface area contributed by atoms with Gasteiger partial charge < -0.3 is 4.74 Å². The molecule has 1 rings (SSSR count). The van der Waals surface area contributed by atoms with Crippen molar-refractivity contribution in [3.05, 3.63) is 12.2 Å². The maximum atomic E-state index is 11.5. The van der Waals surface area contributed by atoms with E-state index in [1.54, 1.807) is 0 Å². The van der Waals surface area contributed by atoms with Crippen LogP contribution in [0, 0.1) is 0 Å². The first-order chi connectivity index (χ1) is 7.66. The number of ether oxygens (including phenoxy) is 1. The summed E-state index contributed by atoms with van der Waals surface area (Å²) in [5, 5.41) is 0. The van der Waals surface area contributed by atoms with E-state index in [0.717, 1.165) is 25.7 Å². The normalized spacial score (nSPS) is 23.6. The predicted octanol–water partition coefficient (Wildman–Crippen LogP) is 0.618.